The number of aromatic amines is 3. The largest absolute Gasteiger partial charge is 0.369 e. The monoisotopic (exact) mass is 565 g/mol. The highest BCUT2D eigenvalue weighted by Crippen LogP contribution is 2.21. The number of benzene rings is 1. The van der Waals surface area contributed by atoms with Crippen molar-refractivity contribution in [3.05, 3.63) is 72.7 Å². The molecule has 8 rings (SSSR count). The van der Waals surface area contributed by atoms with Crippen LogP contribution in [0.2, 0.25) is 0 Å². The number of hydrogen-bond acceptors (Lipinski definition) is 9. The molecule has 6 aromatic rings. The number of H-pyrrole nitrogens is 3. The number of aliphatic imine (C=N–C) groups is 1. The Morgan fingerprint density at radius 3 is 2.21 bits per heavy atom. The van der Waals surface area contributed by atoms with E-state index < -0.39 is 0 Å². The molecular weight excluding hydrogens is 530 g/mol. The van der Waals surface area contributed by atoms with Crippen LogP contribution >= 0.6 is 0 Å². The molecule has 1 aliphatic heterocycles. The number of carbonyl (C=O) groups excluding carboxylic acids is 1. The topological polar surface area (TPSA) is 166 Å². The van der Waals surface area contributed by atoms with Gasteiger partial charge >= 0.3 is 0 Å². The number of carbonyl (C=O) groups is 1. The lowest BCUT2D eigenvalue weighted by Crippen LogP contribution is -2.36. The second-order valence-corrected chi connectivity index (χ2v) is 10.3. The smallest absolute Gasteiger partial charge is 0.180 e. The van der Waals surface area contributed by atoms with E-state index >= 15 is 0 Å². The number of amidine groups is 1. The molecule has 12 heteroatoms. The van der Waals surface area contributed by atoms with E-state index in [2.05, 4.69) is 55.2 Å². The van der Waals surface area contributed by atoms with Crippen molar-refractivity contribution in [3.63, 3.8) is 0 Å². The van der Waals surface area contributed by atoms with Crippen molar-refractivity contribution in [1.82, 2.24) is 50.2 Å². The third-order valence-corrected chi connectivity index (χ3v) is 6.82. The number of rotatable bonds is 0. The summed E-state index contributed by atoms with van der Waals surface area (Å²) in [4.78, 5) is 49.4. The molecule has 12 nitrogen and oxygen atoms in total. The van der Waals surface area contributed by atoms with Crippen LogP contribution in [0.4, 0.5) is 0 Å². The zero-order valence-electron chi connectivity index (χ0n) is 24.2. The predicted molar refractivity (Wildman–Crippen MR) is 163 cm³/mol. The second kappa shape index (κ2) is 13.1. The van der Waals surface area contributed by atoms with Gasteiger partial charge < -0.3 is 20.3 Å². The molecular formula is C30H35N11O. The maximum Gasteiger partial charge on any atom is 0.180 e. The Balaban J connectivity index is 0.000000112. The fourth-order valence-electron chi connectivity index (χ4n) is 4.97. The first-order valence-electron chi connectivity index (χ1n) is 14.0. The summed E-state index contributed by atoms with van der Waals surface area (Å²) in [6, 6.07) is 10.1. The number of fused-ring (bicyclic) bond motifs is 4. The van der Waals surface area contributed by atoms with Crippen LogP contribution in [0.3, 0.4) is 0 Å². The molecule has 42 heavy (non-hydrogen) atoms. The Morgan fingerprint density at radius 2 is 1.45 bits per heavy atom. The Morgan fingerprint density at radius 1 is 0.762 bits per heavy atom. The van der Waals surface area contributed by atoms with Gasteiger partial charge in [-0.3, -0.25) is 14.8 Å². The fourth-order valence-corrected chi connectivity index (χ4v) is 4.97. The van der Waals surface area contributed by atoms with Gasteiger partial charge in [0.1, 0.15) is 35.4 Å². The molecule has 1 aromatic carbocycles. The lowest BCUT2D eigenvalue weighted by Gasteiger charge is -2.13. The van der Waals surface area contributed by atoms with E-state index in [0.717, 1.165) is 82.2 Å². The zero-order chi connectivity index (χ0) is 29.5. The van der Waals surface area contributed by atoms with Crippen LogP contribution < -0.4 is 5.32 Å². The van der Waals surface area contributed by atoms with E-state index in [4.69, 9.17) is 0 Å². The van der Waals surface area contributed by atoms with Crippen molar-refractivity contribution in [1.29, 1.82) is 0 Å². The molecule has 216 valence electrons. The summed E-state index contributed by atoms with van der Waals surface area (Å²) in [6.07, 6.45) is 10.7. The summed E-state index contributed by atoms with van der Waals surface area (Å²) in [5, 5.41) is 3.26. The quantitative estimate of drug-likeness (QED) is 0.206. The molecule has 0 saturated heterocycles. The SMILES string of the molecule is CC1=NC2C(=O)CCCCC2N1.Cc1nc2ccccc2[nH]1.Cc1nc2ccncc2[nH]1.Cc1nc2ncncc2[nH]1. The summed E-state index contributed by atoms with van der Waals surface area (Å²) in [5.41, 5.74) is 5.75. The van der Waals surface area contributed by atoms with Crippen molar-refractivity contribution in [2.75, 3.05) is 0 Å². The van der Waals surface area contributed by atoms with Gasteiger partial charge in [0.2, 0.25) is 0 Å². The molecule has 0 radical (unpaired) electrons. The van der Waals surface area contributed by atoms with Crippen molar-refractivity contribution in [3.8, 4) is 0 Å². The van der Waals surface area contributed by atoms with Gasteiger partial charge in [-0.2, -0.15) is 0 Å². The summed E-state index contributed by atoms with van der Waals surface area (Å²) in [5.74, 6) is 4.03. The molecule has 2 aliphatic rings. The van der Waals surface area contributed by atoms with Gasteiger partial charge in [0.25, 0.3) is 0 Å². The van der Waals surface area contributed by atoms with Crippen LogP contribution in [0.1, 0.15) is 50.1 Å². The van der Waals surface area contributed by atoms with Crippen molar-refractivity contribution in [2.24, 2.45) is 4.99 Å². The van der Waals surface area contributed by atoms with E-state index in [9.17, 15) is 4.79 Å². The Bertz CT molecular complexity index is 1550. The van der Waals surface area contributed by atoms with E-state index in [1.165, 1.54) is 6.33 Å². The lowest BCUT2D eigenvalue weighted by atomic mass is 10.0. The maximum atomic E-state index is 11.5. The number of aromatic nitrogens is 9. The van der Waals surface area contributed by atoms with E-state index in [1.54, 1.807) is 18.6 Å². The highest BCUT2D eigenvalue weighted by atomic mass is 16.1. The van der Waals surface area contributed by atoms with Crippen molar-refractivity contribution in [2.45, 2.75) is 65.5 Å². The van der Waals surface area contributed by atoms with Crippen LogP contribution in [-0.2, 0) is 4.79 Å². The number of hydrogen-bond donors (Lipinski definition) is 4. The molecule has 2 unspecified atom stereocenters. The molecule has 0 amide bonds. The highest BCUT2D eigenvalue weighted by Gasteiger charge is 2.33. The van der Waals surface area contributed by atoms with Gasteiger partial charge in [0.15, 0.2) is 11.4 Å². The summed E-state index contributed by atoms with van der Waals surface area (Å²) in [6.45, 7) is 7.71. The van der Waals surface area contributed by atoms with Crippen molar-refractivity contribution >= 4 is 44.8 Å². The van der Waals surface area contributed by atoms with Crippen LogP contribution in [-0.4, -0.2) is 68.6 Å². The number of ketones is 1. The first kappa shape index (κ1) is 28.5. The molecule has 1 aliphatic carbocycles. The van der Waals surface area contributed by atoms with Gasteiger partial charge in [0.05, 0.1) is 46.3 Å². The molecule has 1 fully saturated rings. The first-order valence-corrected chi connectivity index (χ1v) is 14.0. The summed E-state index contributed by atoms with van der Waals surface area (Å²) in [7, 11) is 0. The van der Waals surface area contributed by atoms with E-state index in [-0.39, 0.29) is 6.04 Å². The average Bonchev–Trinajstić information content (AvgIpc) is 3.72. The van der Waals surface area contributed by atoms with E-state index in [1.807, 2.05) is 58.0 Å². The minimum absolute atomic E-state index is 0.0625. The highest BCUT2D eigenvalue weighted by molar-refractivity contribution is 5.92. The molecule has 0 bridgehead atoms. The minimum Gasteiger partial charge on any atom is -0.369 e. The Labute approximate surface area is 243 Å². The van der Waals surface area contributed by atoms with Gasteiger partial charge in [-0.15, -0.1) is 0 Å². The second-order valence-electron chi connectivity index (χ2n) is 10.3. The number of nitrogens with zero attached hydrogens (tertiary/aromatic N) is 7. The number of para-hydroxylation sites is 2. The summed E-state index contributed by atoms with van der Waals surface area (Å²) >= 11 is 0. The zero-order valence-corrected chi connectivity index (χ0v) is 24.2. The number of pyridine rings is 1. The fraction of sp³-hybridized carbons (Fsp3) is 0.333. The van der Waals surface area contributed by atoms with Gasteiger partial charge in [-0.25, -0.2) is 24.9 Å². The van der Waals surface area contributed by atoms with Crippen LogP contribution in [0.15, 0.2) is 60.2 Å². The van der Waals surface area contributed by atoms with Crippen LogP contribution in [0.25, 0.3) is 33.2 Å². The van der Waals surface area contributed by atoms with E-state index in [0.29, 0.717) is 11.8 Å². The first-order chi connectivity index (χ1) is 20.4. The van der Waals surface area contributed by atoms with Gasteiger partial charge in [-0.1, -0.05) is 18.6 Å². The lowest BCUT2D eigenvalue weighted by molar-refractivity contribution is -0.120. The number of imidazole rings is 3. The third kappa shape index (κ3) is 7.19. The maximum absolute atomic E-state index is 11.5. The molecule has 4 N–H and O–H groups in total. The Hall–Kier alpha value is -5.00. The van der Waals surface area contributed by atoms with Crippen molar-refractivity contribution < 1.29 is 4.79 Å². The normalized spacial score (nSPS) is 17.5. The Kier molecular flexibility index (Phi) is 8.90. The molecule has 6 heterocycles. The molecule has 1 saturated carbocycles. The third-order valence-electron chi connectivity index (χ3n) is 6.82. The minimum atomic E-state index is -0.0625. The molecule has 5 aromatic heterocycles. The summed E-state index contributed by atoms with van der Waals surface area (Å²) < 4.78 is 0. The van der Waals surface area contributed by atoms with Gasteiger partial charge in [0, 0.05) is 12.6 Å². The standard InChI is InChI=1S/C9H14N2O.C8H8N2.C7H7N3.C6H6N4/c1-6-10-7-4-2-3-5-8(12)9(7)11-6;1-6-9-7-4-2-3-5-8(7)10-6;1-5-9-6-2-3-8-4-7(6)10-5;1-4-9-5-2-7-3-8-6(5)10-4/h7,9H,2-5H2,1H3,(H,10,11);2-5H,1H3,(H,9,10);2-4H,1H3,(H,9,10);2-3H,1H3,(H,7,8,9,10). The predicted octanol–water partition coefficient (Wildman–Crippen LogP) is 4.69. The molecule has 2 atom stereocenters. The van der Waals surface area contributed by atoms with Crippen LogP contribution in [0, 0.1) is 20.8 Å². The van der Waals surface area contributed by atoms with Crippen LogP contribution in [0.5, 0.6) is 0 Å². The van der Waals surface area contributed by atoms with Gasteiger partial charge in [-0.05, 0) is 58.7 Å². The average molecular weight is 566 g/mol. The number of Topliss-reactive ketones (excluding diaryl/α,β-unsaturated/α-hetero) is 1. The number of aryl methyl sites for hydroxylation is 3. The number of nitrogens with one attached hydrogen (secondary N) is 4. The molecule has 0 spiro atoms.